The lowest BCUT2D eigenvalue weighted by Gasteiger charge is -2.10. The SMILES string of the molecule is Cc1nc(C(F)(F)F)ccc1C(=O)NCC(=O)Nc1ccc(Cl)cc1. The largest absolute Gasteiger partial charge is 0.433 e. The predicted molar refractivity (Wildman–Crippen MR) is 86.4 cm³/mol. The topological polar surface area (TPSA) is 71.1 Å². The van der Waals surface area contributed by atoms with Gasteiger partial charge in [-0.1, -0.05) is 11.6 Å². The Labute approximate surface area is 146 Å². The number of carbonyl (C=O) groups excluding carboxylic acids is 2. The maximum absolute atomic E-state index is 12.6. The molecule has 0 saturated heterocycles. The Morgan fingerprint density at radius 1 is 1.12 bits per heavy atom. The molecule has 25 heavy (non-hydrogen) atoms. The molecule has 9 heteroatoms. The third-order valence-corrected chi connectivity index (χ3v) is 3.41. The van der Waals surface area contributed by atoms with Gasteiger partial charge in [-0.25, -0.2) is 4.98 Å². The first-order valence-electron chi connectivity index (χ1n) is 7.05. The van der Waals surface area contributed by atoms with Crippen molar-refractivity contribution in [1.29, 1.82) is 0 Å². The third kappa shape index (κ3) is 5.18. The number of alkyl halides is 3. The highest BCUT2D eigenvalue weighted by molar-refractivity contribution is 6.30. The molecule has 1 heterocycles. The summed E-state index contributed by atoms with van der Waals surface area (Å²) in [6, 6.07) is 8.10. The van der Waals surface area contributed by atoms with Crippen molar-refractivity contribution >= 4 is 29.1 Å². The quantitative estimate of drug-likeness (QED) is 0.865. The number of amides is 2. The third-order valence-electron chi connectivity index (χ3n) is 3.16. The van der Waals surface area contributed by atoms with Gasteiger partial charge in [0.2, 0.25) is 5.91 Å². The number of hydrogen-bond acceptors (Lipinski definition) is 3. The minimum atomic E-state index is -4.59. The first-order chi connectivity index (χ1) is 11.7. The van der Waals surface area contributed by atoms with E-state index >= 15 is 0 Å². The van der Waals surface area contributed by atoms with Crippen molar-refractivity contribution in [1.82, 2.24) is 10.3 Å². The standard InChI is InChI=1S/C16H13ClF3N3O2/c1-9-12(6-7-13(22-9)16(18,19)20)15(25)21-8-14(24)23-11-4-2-10(17)3-5-11/h2-7H,8H2,1H3,(H,21,25)(H,23,24). The summed E-state index contributed by atoms with van der Waals surface area (Å²) in [6.07, 6.45) is -4.59. The number of halogens is 4. The van der Waals surface area contributed by atoms with Crippen LogP contribution in [0.3, 0.4) is 0 Å². The van der Waals surface area contributed by atoms with Gasteiger partial charge in [0, 0.05) is 10.7 Å². The maximum Gasteiger partial charge on any atom is 0.433 e. The van der Waals surface area contributed by atoms with Gasteiger partial charge in [0.15, 0.2) is 0 Å². The molecule has 0 radical (unpaired) electrons. The Balaban J connectivity index is 1.95. The van der Waals surface area contributed by atoms with Crippen molar-refractivity contribution in [2.45, 2.75) is 13.1 Å². The molecule has 2 aromatic rings. The lowest BCUT2D eigenvalue weighted by atomic mass is 10.1. The van der Waals surface area contributed by atoms with Gasteiger partial charge >= 0.3 is 6.18 Å². The molecule has 0 aliphatic rings. The summed E-state index contributed by atoms with van der Waals surface area (Å²) in [5, 5.41) is 5.38. The highest BCUT2D eigenvalue weighted by Crippen LogP contribution is 2.28. The fraction of sp³-hybridized carbons (Fsp3) is 0.188. The molecule has 0 atom stereocenters. The highest BCUT2D eigenvalue weighted by atomic mass is 35.5. The van der Waals surface area contributed by atoms with Crippen molar-refractivity contribution in [3.05, 3.63) is 58.4 Å². The Morgan fingerprint density at radius 2 is 1.76 bits per heavy atom. The van der Waals surface area contributed by atoms with E-state index in [0.717, 1.165) is 12.1 Å². The molecule has 2 rings (SSSR count). The maximum atomic E-state index is 12.6. The minimum absolute atomic E-state index is 0.0349. The Morgan fingerprint density at radius 3 is 2.32 bits per heavy atom. The monoisotopic (exact) mass is 371 g/mol. The van der Waals surface area contributed by atoms with Crippen LogP contribution >= 0.6 is 11.6 Å². The van der Waals surface area contributed by atoms with Crippen molar-refractivity contribution in [2.24, 2.45) is 0 Å². The number of anilines is 1. The number of nitrogens with one attached hydrogen (secondary N) is 2. The average molecular weight is 372 g/mol. The summed E-state index contributed by atoms with van der Waals surface area (Å²) in [4.78, 5) is 27.1. The van der Waals surface area contributed by atoms with E-state index < -0.39 is 23.7 Å². The Hall–Kier alpha value is -2.61. The van der Waals surface area contributed by atoms with Gasteiger partial charge in [-0.15, -0.1) is 0 Å². The van der Waals surface area contributed by atoms with E-state index in [0.29, 0.717) is 10.7 Å². The molecule has 2 N–H and O–H groups in total. The minimum Gasteiger partial charge on any atom is -0.343 e. The molecule has 0 spiro atoms. The zero-order valence-electron chi connectivity index (χ0n) is 12.9. The van der Waals surface area contributed by atoms with Gasteiger partial charge in [0.25, 0.3) is 5.91 Å². The summed E-state index contributed by atoms with van der Waals surface area (Å²) >= 11 is 5.73. The second kappa shape index (κ2) is 7.52. The summed E-state index contributed by atoms with van der Waals surface area (Å²) in [5.41, 5.74) is -0.698. The van der Waals surface area contributed by atoms with Crippen LogP contribution in [0.15, 0.2) is 36.4 Å². The van der Waals surface area contributed by atoms with Crippen LogP contribution in [0.1, 0.15) is 21.7 Å². The van der Waals surface area contributed by atoms with Crippen molar-refractivity contribution in [3.8, 4) is 0 Å². The molecule has 0 aliphatic carbocycles. The zero-order chi connectivity index (χ0) is 18.6. The van der Waals surface area contributed by atoms with Crippen molar-refractivity contribution < 1.29 is 22.8 Å². The van der Waals surface area contributed by atoms with Crippen LogP contribution in [0.4, 0.5) is 18.9 Å². The predicted octanol–water partition coefficient (Wildman–Crippen LogP) is 3.43. The van der Waals surface area contributed by atoms with Gasteiger partial charge in [0.05, 0.1) is 17.8 Å². The smallest absolute Gasteiger partial charge is 0.343 e. The van der Waals surface area contributed by atoms with Gasteiger partial charge in [-0.2, -0.15) is 13.2 Å². The summed E-state index contributed by atoms with van der Waals surface area (Å²) < 4.78 is 37.7. The molecule has 1 aromatic heterocycles. The molecule has 0 saturated carbocycles. The highest BCUT2D eigenvalue weighted by Gasteiger charge is 2.33. The number of benzene rings is 1. The second-order valence-corrected chi connectivity index (χ2v) is 5.50. The van der Waals surface area contributed by atoms with Crippen LogP contribution < -0.4 is 10.6 Å². The molecule has 132 valence electrons. The van der Waals surface area contributed by atoms with Gasteiger partial charge in [-0.3, -0.25) is 9.59 Å². The number of aryl methyl sites for hydroxylation is 1. The van der Waals surface area contributed by atoms with Crippen LogP contribution in [0.2, 0.25) is 5.02 Å². The molecular formula is C16H13ClF3N3O2. The number of nitrogens with zero attached hydrogens (tertiary/aromatic N) is 1. The normalized spacial score (nSPS) is 11.1. The Bertz CT molecular complexity index is 792. The fourth-order valence-electron chi connectivity index (χ4n) is 1.95. The fourth-order valence-corrected chi connectivity index (χ4v) is 2.08. The van der Waals surface area contributed by atoms with Crippen LogP contribution in [0, 0.1) is 6.92 Å². The van der Waals surface area contributed by atoms with Gasteiger partial charge < -0.3 is 10.6 Å². The number of carbonyl (C=O) groups is 2. The molecule has 1 aromatic carbocycles. The average Bonchev–Trinajstić information content (AvgIpc) is 2.54. The van der Waals surface area contributed by atoms with Crippen molar-refractivity contribution in [3.63, 3.8) is 0 Å². The van der Waals surface area contributed by atoms with Crippen LogP contribution in [-0.4, -0.2) is 23.3 Å². The zero-order valence-corrected chi connectivity index (χ0v) is 13.7. The molecule has 0 fully saturated rings. The number of pyridine rings is 1. The molecule has 5 nitrogen and oxygen atoms in total. The van der Waals surface area contributed by atoms with E-state index in [9.17, 15) is 22.8 Å². The van der Waals surface area contributed by atoms with Crippen LogP contribution in [0.5, 0.6) is 0 Å². The summed E-state index contributed by atoms with van der Waals surface area (Å²) in [6.45, 7) is 0.944. The van der Waals surface area contributed by atoms with E-state index in [-0.39, 0.29) is 17.8 Å². The van der Waals surface area contributed by atoms with E-state index in [2.05, 4.69) is 15.6 Å². The molecule has 0 aliphatic heterocycles. The number of aromatic nitrogens is 1. The molecule has 0 bridgehead atoms. The van der Waals surface area contributed by atoms with Crippen molar-refractivity contribution in [2.75, 3.05) is 11.9 Å². The summed E-state index contributed by atoms with van der Waals surface area (Å²) in [5.74, 6) is -1.18. The van der Waals surface area contributed by atoms with E-state index in [1.54, 1.807) is 24.3 Å². The van der Waals surface area contributed by atoms with Crippen LogP contribution in [-0.2, 0) is 11.0 Å². The van der Waals surface area contributed by atoms with E-state index in [4.69, 9.17) is 11.6 Å². The lowest BCUT2D eigenvalue weighted by molar-refractivity contribution is -0.141. The first kappa shape index (κ1) is 18.7. The van der Waals surface area contributed by atoms with Gasteiger partial charge in [0.1, 0.15) is 5.69 Å². The van der Waals surface area contributed by atoms with E-state index in [1.807, 2.05) is 0 Å². The number of hydrogen-bond donors (Lipinski definition) is 2. The van der Waals surface area contributed by atoms with E-state index in [1.165, 1.54) is 6.92 Å². The first-order valence-corrected chi connectivity index (χ1v) is 7.43. The van der Waals surface area contributed by atoms with Crippen LogP contribution in [0.25, 0.3) is 0 Å². The second-order valence-electron chi connectivity index (χ2n) is 5.06. The molecule has 2 amide bonds. The summed E-state index contributed by atoms with van der Waals surface area (Å²) in [7, 11) is 0. The Kier molecular flexibility index (Phi) is 5.63. The van der Waals surface area contributed by atoms with Gasteiger partial charge in [-0.05, 0) is 43.3 Å². The molecular weight excluding hydrogens is 359 g/mol. The lowest BCUT2D eigenvalue weighted by Crippen LogP contribution is -2.33. The number of rotatable bonds is 4. The molecule has 0 unspecified atom stereocenters.